The van der Waals surface area contributed by atoms with Crippen LogP contribution < -0.4 is 0 Å². The minimum absolute atomic E-state index is 0.592. The summed E-state index contributed by atoms with van der Waals surface area (Å²) in [4.78, 5) is 0. The molecule has 0 radical (unpaired) electrons. The fourth-order valence-electron chi connectivity index (χ4n) is 2.71. The van der Waals surface area contributed by atoms with Crippen molar-refractivity contribution in [2.24, 2.45) is 5.41 Å². The smallest absolute Gasteiger partial charge is 0.114 e. The van der Waals surface area contributed by atoms with Crippen LogP contribution in [0.1, 0.15) is 50.8 Å². The van der Waals surface area contributed by atoms with Gasteiger partial charge in [-0.25, -0.2) is 0 Å². The molecular weight excluding hydrogens is 214 g/mol. The summed E-state index contributed by atoms with van der Waals surface area (Å²) in [5.41, 5.74) is 0.196. The topological polar surface area (TPSA) is 61.8 Å². The van der Waals surface area contributed by atoms with Crippen LogP contribution in [0, 0.1) is 16.7 Å². The number of nitrogens with zero attached hydrogens (tertiary/aromatic N) is 3. The van der Waals surface area contributed by atoms with Crippen LogP contribution in [0.3, 0.4) is 0 Å². The van der Waals surface area contributed by atoms with Crippen molar-refractivity contribution in [3.05, 3.63) is 18.0 Å². The van der Waals surface area contributed by atoms with Crippen LogP contribution in [-0.2, 0) is 6.54 Å². The molecule has 17 heavy (non-hydrogen) atoms. The molecule has 1 N–H and O–H groups in total. The minimum Gasteiger partial charge on any atom is -0.385 e. The predicted octanol–water partition coefficient (Wildman–Crippen LogP) is 2.41. The second kappa shape index (κ2) is 4.89. The first-order chi connectivity index (χ1) is 8.23. The Morgan fingerprint density at radius 2 is 2.29 bits per heavy atom. The van der Waals surface area contributed by atoms with E-state index in [0.717, 1.165) is 44.3 Å². The summed E-state index contributed by atoms with van der Waals surface area (Å²) in [5, 5.41) is 24.1. The maximum Gasteiger partial charge on any atom is 0.114 e. The fraction of sp³-hybridized carbons (Fsp3) is 0.692. The zero-order chi connectivity index (χ0) is 12.3. The van der Waals surface area contributed by atoms with E-state index in [0.29, 0.717) is 0 Å². The summed E-state index contributed by atoms with van der Waals surface area (Å²) < 4.78 is 1.82. The number of hydrogen-bond donors (Lipinski definition) is 1. The highest BCUT2D eigenvalue weighted by Gasteiger charge is 2.42. The van der Waals surface area contributed by atoms with Crippen LogP contribution in [0.15, 0.2) is 12.3 Å². The molecule has 1 atom stereocenters. The van der Waals surface area contributed by atoms with Gasteiger partial charge in [0.1, 0.15) is 6.10 Å². The van der Waals surface area contributed by atoms with E-state index in [2.05, 4.69) is 18.1 Å². The Morgan fingerprint density at radius 1 is 1.59 bits per heavy atom. The molecular formula is C13H19N3O. The Hall–Kier alpha value is -1.34. The third-order valence-electron chi connectivity index (χ3n) is 3.71. The van der Waals surface area contributed by atoms with E-state index >= 15 is 0 Å². The number of aryl methyl sites for hydroxylation is 1. The van der Waals surface area contributed by atoms with Gasteiger partial charge in [-0.1, -0.05) is 19.8 Å². The van der Waals surface area contributed by atoms with E-state index in [9.17, 15) is 10.4 Å². The van der Waals surface area contributed by atoms with E-state index in [1.165, 1.54) is 0 Å². The zero-order valence-electron chi connectivity index (χ0n) is 10.3. The molecule has 1 fully saturated rings. The van der Waals surface area contributed by atoms with Gasteiger partial charge in [0.2, 0.25) is 0 Å². The molecule has 1 aliphatic carbocycles. The van der Waals surface area contributed by atoms with Crippen molar-refractivity contribution in [3.63, 3.8) is 0 Å². The van der Waals surface area contributed by atoms with Gasteiger partial charge in [-0.3, -0.25) is 4.68 Å². The summed E-state index contributed by atoms with van der Waals surface area (Å²) in [6, 6.07) is 4.17. The van der Waals surface area contributed by atoms with E-state index in [-0.39, 0.29) is 0 Å². The quantitative estimate of drug-likeness (QED) is 0.868. The van der Waals surface area contributed by atoms with Crippen LogP contribution in [0.2, 0.25) is 0 Å². The van der Waals surface area contributed by atoms with Gasteiger partial charge < -0.3 is 5.11 Å². The molecule has 1 aliphatic rings. The second-order valence-electron chi connectivity index (χ2n) is 4.86. The van der Waals surface area contributed by atoms with Crippen molar-refractivity contribution in [1.82, 2.24) is 9.78 Å². The lowest BCUT2D eigenvalue weighted by Gasteiger charge is -2.27. The first-order valence-electron chi connectivity index (χ1n) is 6.34. The van der Waals surface area contributed by atoms with Gasteiger partial charge >= 0.3 is 0 Å². The molecule has 1 heterocycles. The van der Waals surface area contributed by atoms with Crippen LogP contribution in [0.5, 0.6) is 0 Å². The maximum atomic E-state index is 10.5. The van der Waals surface area contributed by atoms with Crippen molar-refractivity contribution in [3.8, 4) is 6.07 Å². The molecule has 0 aromatic carbocycles. The van der Waals surface area contributed by atoms with Crippen molar-refractivity contribution < 1.29 is 5.11 Å². The van der Waals surface area contributed by atoms with Crippen LogP contribution in [0.25, 0.3) is 0 Å². The van der Waals surface area contributed by atoms with Crippen molar-refractivity contribution in [2.45, 2.75) is 51.7 Å². The Bertz CT molecular complexity index is 413. The molecule has 1 aromatic heterocycles. The molecule has 1 unspecified atom stereocenters. The monoisotopic (exact) mass is 233 g/mol. The summed E-state index contributed by atoms with van der Waals surface area (Å²) in [6.07, 6.45) is 5.63. The van der Waals surface area contributed by atoms with Crippen molar-refractivity contribution in [1.29, 1.82) is 5.26 Å². The number of aliphatic hydroxyl groups is 1. The fourth-order valence-corrected chi connectivity index (χ4v) is 2.71. The van der Waals surface area contributed by atoms with Gasteiger partial charge in [-0.2, -0.15) is 10.4 Å². The van der Waals surface area contributed by atoms with E-state index in [4.69, 9.17) is 0 Å². The molecule has 0 amide bonds. The first kappa shape index (κ1) is 12.1. The van der Waals surface area contributed by atoms with Gasteiger partial charge in [0, 0.05) is 12.7 Å². The highest BCUT2D eigenvalue weighted by Crippen LogP contribution is 2.46. The van der Waals surface area contributed by atoms with E-state index in [1.807, 2.05) is 10.7 Å². The standard InChI is InChI=1S/C13H19N3O/c1-2-9-16-11(5-8-15-16)12(17)13(10-14)6-3-4-7-13/h5,8,12,17H,2-4,6-7,9H2,1H3. The van der Waals surface area contributed by atoms with Gasteiger partial charge in [-0.15, -0.1) is 0 Å². The number of hydrogen-bond acceptors (Lipinski definition) is 3. The number of aliphatic hydroxyl groups excluding tert-OH is 1. The Kier molecular flexibility index (Phi) is 3.49. The third kappa shape index (κ3) is 2.07. The number of nitriles is 1. The molecule has 4 heteroatoms. The Morgan fingerprint density at radius 3 is 2.88 bits per heavy atom. The normalized spacial score (nSPS) is 20.1. The zero-order valence-corrected chi connectivity index (χ0v) is 10.3. The molecule has 0 saturated heterocycles. The molecule has 1 saturated carbocycles. The van der Waals surface area contributed by atoms with Crippen LogP contribution in [-0.4, -0.2) is 14.9 Å². The lowest BCUT2D eigenvalue weighted by atomic mass is 9.80. The molecule has 0 spiro atoms. The predicted molar refractivity (Wildman–Crippen MR) is 64.0 cm³/mol. The number of rotatable bonds is 4. The lowest BCUT2D eigenvalue weighted by Crippen LogP contribution is -2.26. The van der Waals surface area contributed by atoms with Gasteiger partial charge in [-0.05, 0) is 25.3 Å². The van der Waals surface area contributed by atoms with Crippen molar-refractivity contribution in [2.75, 3.05) is 0 Å². The van der Waals surface area contributed by atoms with Gasteiger partial charge in [0.25, 0.3) is 0 Å². The summed E-state index contributed by atoms with van der Waals surface area (Å²) in [7, 11) is 0. The highest BCUT2D eigenvalue weighted by atomic mass is 16.3. The Balaban J connectivity index is 2.26. The average molecular weight is 233 g/mol. The average Bonchev–Trinajstić information content (AvgIpc) is 2.97. The third-order valence-corrected chi connectivity index (χ3v) is 3.71. The first-order valence-corrected chi connectivity index (χ1v) is 6.34. The van der Waals surface area contributed by atoms with Gasteiger partial charge in [0.15, 0.2) is 0 Å². The van der Waals surface area contributed by atoms with Crippen molar-refractivity contribution >= 4 is 0 Å². The molecule has 2 rings (SSSR count). The second-order valence-corrected chi connectivity index (χ2v) is 4.86. The van der Waals surface area contributed by atoms with E-state index in [1.54, 1.807) is 6.20 Å². The van der Waals surface area contributed by atoms with Crippen LogP contribution >= 0.6 is 0 Å². The largest absolute Gasteiger partial charge is 0.385 e. The minimum atomic E-state index is -0.705. The molecule has 1 aromatic rings. The summed E-state index contributed by atoms with van der Waals surface area (Å²) in [6.45, 7) is 2.87. The number of aromatic nitrogens is 2. The Labute approximate surface area is 102 Å². The van der Waals surface area contributed by atoms with Gasteiger partial charge in [0.05, 0.1) is 17.2 Å². The van der Waals surface area contributed by atoms with E-state index < -0.39 is 11.5 Å². The maximum absolute atomic E-state index is 10.5. The summed E-state index contributed by atoms with van der Waals surface area (Å²) >= 11 is 0. The van der Waals surface area contributed by atoms with Crippen LogP contribution in [0.4, 0.5) is 0 Å². The summed E-state index contributed by atoms with van der Waals surface area (Å²) in [5.74, 6) is 0. The molecule has 0 aliphatic heterocycles. The SMILES string of the molecule is CCCn1nccc1C(O)C1(C#N)CCCC1. The molecule has 0 bridgehead atoms. The molecule has 92 valence electrons. The molecule has 4 nitrogen and oxygen atoms in total. The highest BCUT2D eigenvalue weighted by molar-refractivity contribution is 5.16. The lowest BCUT2D eigenvalue weighted by molar-refractivity contribution is 0.0589.